The van der Waals surface area contributed by atoms with Crippen LogP contribution in [0.5, 0.6) is 0 Å². The number of carbonyl (C=O) groups is 2. The predicted molar refractivity (Wildman–Crippen MR) is 74.3 cm³/mol. The molecule has 1 heterocycles. The lowest BCUT2D eigenvalue weighted by Crippen LogP contribution is -2.31. The van der Waals surface area contributed by atoms with Gasteiger partial charge in [-0.1, -0.05) is 0 Å². The minimum Gasteiger partial charge on any atom is -0.478 e. The summed E-state index contributed by atoms with van der Waals surface area (Å²) >= 11 is 1.41. The Morgan fingerprint density at radius 3 is 2.58 bits per heavy atom. The fourth-order valence-electron chi connectivity index (χ4n) is 1.72. The first-order chi connectivity index (χ1) is 9.01. The van der Waals surface area contributed by atoms with Gasteiger partial charge in [-0.2, -0.15) is 5.10 Å². The molecular weight excluding hydrogens is 266 g/mol. The quantitative estimate of drug-likeness (QED) is 0.815. The maximum Gasteiger partial charge on any atom is 0.339 e. The van der Waals surface area contributed by atoms with E-state index >= 15 is 0 Å². The summed E-state index contributed by atoms with van der Waals surface area (Å²) in [6.07, 6.45) is 1.34. The second-order valence-electron chi connectivity index (χ2n) is 3.99. The number of rotatable bonds is 7. The van der Waals surface area contributed by atoms with Crippen molar-refractivity contribution in [3.8, 4) is 0 Å². The predicted octanol–water partition coefficient (Wildman–Crippen LogP) is 1.22. The smallest absolute Gasteiger partial charge is 0.339 e. The lowest BCUT2D eigenvalue weighted by atomic mass is 10.3. The third-order valence-corrected chi connectivity index (χ3v) is 3.80. The Balaban J connectivity index is 2.56. The highest BCUT2D eigenvalue weighted by atomic mass is 32.2. The molecule has 0 atom stereocenters. The van der Waals surface area contributed by atoms with Gasteiger partial charge in [0.2, 0.25) is 5.91 Å². The molecule has 0 radical (unpaired) electrons. The van der Waals surface area contributed by atoms with Crippen LogP contribution in [-0.2, 0) is 17.6 Å². The van der Waals surface area contributed by atoms with E-state index in [2.05, 4.69) is 5.10 Å². The number of aromatic carboxylic acids is 1. The van der Waals surface area contributed by atoms with Crippen molar-refractivity contribution in [2.24, 2.45) is 7.05 Å². The molecule has 0 spiro atoms. The second kappa shape index (κ2) is 7.18. The average molecular weight is 285 g/mol. The molecule has 0 fully saturated rings. The van der Waals surface area contributed by atoms with Crippen LogP contribution in [0, 0.1) is 0 Å². The first-order valence-corrected chi connectivity index (χ1v) is 7.26. The first kappa shape index (κ1) is 15.6. The summed E-state index contributed by atoms with van der Waals surface area (Å²) in [6, 6.07) is 0. The third kappa shape index (κ3) is 3.99. The Kier molecular flexibility index (Phi) is 5.88. The molecule has 0 aliphatic heterocycles. The van der Waals surface area contributed by atoms with Gasteiger partial charge < -0.3 is 10.0 Å². The standard InChI is InChI=1S/C12H19N3O3S/c1-4-15(5-2)11(16)8-19-7-10-9(12(17)18)6-13-14(10)3/h6H,4-5,7-8H2,1-3H3,(H,17,18). The van der Waals surface area contributed by atoms with E-state index in [9.17, 15) is 9.59 Å². The summed E-state index contributed by atoms with van der Waals surface area (Å²) < 4.78 is 1.54. The maximum absolute atomic E-state index is 11.8. The zero-order chi connectivity index (χ0) is 14.4. The zero-order valence-corrected chi connectivity index (χ0v) is 12.2. The number of hydrogen-bond acceptors (Lipinski definition) is 4. The number of hydrogen-bond donors (Lipinski definition) is 1. The van der Waals surface area contributed by atoms with E-state index in [0.717, 1.165) is 0 Å². The third-order valence-electron chi connectivity index (χ3n) is 2.87. The molecule has 0 aliphatic rings. The number of carbonyl (C=O) groups excluding carboxylic acids is 1. The van der Waals surface area contributed by atoms with Gasteiger partial charge in [-0.05, 0) is 13.8 Å². The van der Waals surface area contributed by atoms with Crippen molar-refractivity contribution in [3.63, 3.8) is 0 Å². The van der Waals surface area contributed by atoms with Crippen LogP contribution in [0.4, 0.5) is 0 Å². The molecule has 1 aromatic heterocycles. The van der Waals surface area contributed by atoms with Crippen LogP contribution >= 0.6 is 11.8 Å². The molecule has 7 heteroatoms. The lowest BCUT2D eigenvalue weighted by molar-refractivity contribution is -0.127. The lowest BCUT2D eigenvalue weighted by Gasteiger charge is -2.18. The van der Waals surface area contributed by atoms with Crippen molar-refractivity contribution in [1.29, 1.82) is 0 Å². The molecule has 0 aliphatic carbocycles. The highest BCUT2D eigenvalue weighted by molar-refractivity contribution is 7.99. The Labute approximate surface area is 116 Å². The van der Waals surface area contributed by atoms with Gasteiger partial charge in [0.15, 0.2) is 0 Å². The van der Waals surface area contributed by atoms with Gasteiger partial charge in [-0.3, -0.25) is 9.48 Å². The first-order valence-electron chi connectivity index (χ1n) is 6.10. The molecule has 1 rings (SSSR count). The van der Waals surface area contributed by atoms with Gasteiger partial charge in [0, 0.05) is 25.9 Å². The van der Waals surface area contributed by atoms with E-state index in [0.29, 0.717) is 30.3 Å². The molecular formula is C12H19N3O3S. The molecule has 1 aromatic rings. The summed E-state index contributed by atoms with van der Waals surface area (Å²) in [6.45, 7) is 5.27. The summed E-state index contributed by atoms with van der Waals surface area (Å²) in [4.78, 5) is 24.6. The second-order valence-corrected chi connectivity index (χ2v) is 4.98. The van der Waals surface area contributed by atoms with Crippen molar-refractivity contribution in [2.45, 2.75) is 19.6 Å². The van der Waals surface area contributed by atoms with E-state index in [1.54, 1.807) is 16.6 Å². The monoisotopic (exact) mass is 285 g/mol. The van der Waals surface area contributed by atoms with Crippen molar-refractivity contribution in [2.75, 3.05) is 18.8 Å². The molecule has 19 heavy (non-hydrogen) atoms. The van der Waals surface area contributed by atoms with E-state index < -0.39 is 5.97 Å². The highest BCUT2D eigenvalue weighted by Gasteiger charge is 2.16. The van der Waals surface area contributed by atoms with Gasteiger partial charge in [0.05, 0.1) is 17.6 Å². The largest absolute Gasteiger partial charge is 0.478 e. The minimum absolute atomic E-state index is 0.0778. The molecule has 0 aromatic carbocycles. The molecule has 0 saturated heterocycles. The Morgan fingerprint density at radius 2 is 2.05 bits per heavy atom. The molecule has 106 valence electrons. The van der Waals surface area contributed by atoms with Crippen molar-refractivity contribution in [3.05, 3.63) is 17.5 Å². The van der Waals surface area contributed by atoms with Gasteiger partial charge in [0.1, 0.15) is 5.56 Å². The van der Waals surface area contributed by atoms with Gasteiger partial charge >= 0.3 is 5.97 Å². The number of amides is 1. The van der Waals surface area contributed by atoms with Crippen molar-refractivity contribution in [1.82, 2.24) is 14.7 Å². The molecule has 0 bridgehead atoms. The number of aryl methyl sites for hydroxylation is 1. The molecule has 0 saturated carbocycles. The Morgan fingerprint density at radius 1 is 1.42 bits per heavy atom. The number of thioether (sulfide) groups is 1. The van der Waals surface area contributed by atoms with Crippen LogP contribution in [-0.4, -0.2) is 50.5 Å². The van der Waals surface area contributed by atoms with Gasteiger partial charge in [-0.15, -0.1) is 11.8 Å². The highest BCUT2D eigenvalue weighted by Crippen LogP contribution is 2.16. The van der Waals surface area contributed by atoms with E-state index in [1.165, 1.54) is 18.0 Å². The number of aromatic nitrogens is 2. The summed E-state index contributed by atoms with van der Waals surface area (Å²) in [5, 5.41) is 12.9. The average Bonchev–Trinajstić information content (AvgIpc) is 2.73. The number of carboxylic acids is 1. The normalized spacial score (nSPS) is 10.5. The molecule has 1 amide bonds. The number of carboxylic acid groups (broad SMARTS) is 1. The summed E-state index contributed by atoms with van der Waals surface area (Å²) in [5.74, 6) is -0.0929. The van der Waals surface area contributed by atoms with Gasteiger partial charge in [-0.25, -0.2) is 4.79 Å². The Bertz CT molecular complexity index is 455. The topological polar surface area (TPSA) is 75.4 Å². The van der Waals surface area contributed by atoms with Crippen LogP contribution in [0.25, 0.3) is 0 Å². The zero-order valence-electron chi connectivity index (χ0n) is 11.4. The van der Waals surface area contributed by atoms with Crippen LogP contribution in [0.3, 0.4) is 0 Å². The van der Waals surface area contributed by atoms with Crippen LogP contribution in [0.1, 0.15) is 29.9 Å². The number of nitrogens with zero attached hydrogens (tertiary/aromatic N) is 3. The SMILES string of the molecule is CCN(CC)C(=O)CSCc1c(C(=O)O)cnn1C. The fraction of sp³-hybridized carbons (Fsp3) is 0.583. The van der Waals surface area contributed by atoms with E-state index in [1.807, 2.05) is 13.8 Å². The summed E-state index contributed by atoms with van der Waals surface area (Å²) in [5.41, 5.74) is 0.829. The molecule has 0 unspecified atom stereocenters. The van der Waals surface area contributed by atoms with Crippen molar-refractivity contribution >= 4 is 23.6 Å². The maximum atomic E-state index is 11.8. The van der Waals surface area contributed by atoms with Crippen molar-refractivity contribution < 1.29 is 14.7 Å². The van der Waals surface area contributed by atoms with Crippen LogP contribution in [0.15, 0.2) is 6.20 Å². The summed E-state index contributed by atoms with van der Waals surface area (Å²) in [7, 11) is 1.70. The van der Waals surface area contributed by atoms with E-state index in [-0.39, 0.29) is 11.5 Å². The fourth-order valence-corrected chi connectivity index (χ4v) is 2.71. The molecule has 1 N–H and O–H groups in total. The minimum atomic E-state index is -0.987. The molecule has 6 nitrogen and oxygen atoms in total. The van der Waals surface area contributed by atoms with E-state index in [4.69, 9.17) is 5.11 Å². The van der Waals surface area contributed by atoms with Crippen LogP contribution < -0.4 is 0 Å². The Hall–Kier alpha value is -1.50. The van der Waals surface area contributed by atoms with Crippen LogP contribution in [0.2, 0.25) is 0 Å². The van der Waals surface area contributed by atoms with Gasteiger partial charge in [0.25, 0.3) is 0 Å².